The number of hydrogen-bond donors (Lipinski definition) is 0. The number of carbonyl (C=O) groups is 1. The molecule has 1 aliphatic heterocycles. The minimum atomic E-state index is -4.25. The second-order valence-electron chi connectivity index (χ2n) is 5.54. The Bertz CT molecular complexity index is 684. The number of alkyl halides is 3. The molecule has 2 aromatic rings. The summed E-state index contributed by atoms with van der Waals surface area (Å²) >= 11 is 1.32. The molecule has 1 saturated heterocycles. The average molecular weight is 340 g/mol. The number of thiazole rings is 1. The quantitative estimate of drug-likeness (QED) is 0.820. The summed E-state index contributed by atoms with van der Waals surface area (Å²) in [5.74, 6) is -1.86. The Morgan fingerprint density at radius 2 is 2.00 bits per heavy atom. The van der Waals surface area contributed by atoms with Crippen LogP contribution in [0, 0.1) is 5.92 Å². The van der Waals surface area contributed by atoms with Gasteiger partial charge in [-0.3, -0.25) is 4.79 Å². The summed E-state index contributed by atoms with van der Waals surface area (Å²) in [5.41, 5.74) is 1.11. The van der Waals surface area contributed by atoms with Gasteiger partial charge in [-0.2, -0.15) is 13.2 Å². The second kappa shape index (κ2) is 6.31. The van der Waals surface area contributed by atoms with Gasteiger partial charge in [0, 0.05) is 24.0 Å². The van der Waals surface area contributed by atoms with Crippen LogP contribution in [0.15, 0.2) is 35.7 Å². The molecule has 3 nitrogen and oxygen atoms in total. The third-order valence-electron chi connectivity index (χ3n) is 3.92. The molecule has 0 bridgehead atoms. The SMILES string of the molecule is O=C(c1csc(-c2ccccc2)n1)N1CCC[C@H](C(F)(F)F)C1. The third kappa shape index (κ3) is 3.55. The summed E-state index contributed by atoms with van der Waals surface area (Å²) in [5, 5.41) is 2.31. The maximum absolute atomic E-state index is 12.9. The van der Waals surface area contributed by atoms with E-state index in [1.807, 2.05) is 30.3 Å². The van der Waals surface area contributed by atoms with Crippen molar-refractivity contribution >= 4 is 17.2 Å². The van der Waals surface area contributed by atoms with Gasteiger partial charge in [-0.25, -0.2) is 4.98 Å². The van der Waals surface area contributed by atoms with E-state index < -0.39 is 18.0 Å². The summed E-state index contributed by atoms with van der Waals surface area (Å²) in [4.78, 5) is 18.0. The first-order chi connectivity index (χ1) is 10.9. The van der Waals surface area contributed by atoms with Crippen LogP contribution in [0.2, 0.25) is 0 Å². The van der Waals surface area contributed by atoms with Gasteiger partial charge >= 0.3 is 6.18 Å². The monoisotopic (exact) mass is 340 g/mol. The molecule has 1 atom stereocenters. The zero-order chi connectivity index (χ0) is 16.4. The number of aromatic nitrogens is 1. The first-order valence-electron chi connectivity index (χ1n) is 7.32. The summed E-state index contributed by atoms with van der Waals surface area (Å²) in [7, 11) is 0. The molecule has 0 N–H and O–H groups in total. The van der Waals surface area contributed by atoms with E-state index in [1.165, 1.54) is 16.2 Å². The van der Waals surface area contributed by atoms with E-state index in [-0.39, 0.29) is 18.7 Å². The van der Waals surface area contributed by atoms with Crippen LogP contribution in [-0.2, 0) is 0 Å². The minimum absolute atomic E-state index is 0.0829. The normalized spacial score (nSPS) is 18.9. The highest BCUT2D eigenvalue weighted by Crippen LogP contribution is 2.33. The van der Waals surface area contributed by atoms with E-state index in [0.717, 1.165) is 5.56 Å². The highest BCUT2D eigenvalue weighted by molar-refractivity contribution is 7.13. The van der Waals surface area contributed by atoms with Crippen molar-refractivity contribution in [2.45, 2.75) is 19.0 Å². The van der Waals surface area contributed by atoms with Crippen LogP contribution in [0.1, 0.15) is 23.3 Å². The Kier molecular flexibility index (Phi) is 4.39. The topological polar surface area (TPSA) is 33.2 Å². The van der Waals surface area contributed by atoms with E-state index >= 15 is 0 Å². The van der Waals surface area contributed by atoms with Crippen molar-refractivity contribution in [3.8, 4) is 10.6 Å². The van der Waals surface area contributed by atoms with Crippen LogP contribution in [0.3, 0.4) is 0 Å². The minimum Gasteiger partial charge on any atom is -0.337 e. The molecule has 0 radical (unpaired) electrons. The summed E-state index contributed by atoms with van der Waals surface area (Å²) < 4.78 is 38.6. The molecule has 0 aliphatic carbocycles. The van der Waals surface area contributed by atoms with Gasteiger partial charge in [-0.05, 0) is 12.8 Å². The maximum atomic E-state index is 12.9. The molecule has 1 aromatic heterocycles. The number of amides is 1. The molecular weight excluding hydrogens is 325 g/mol. The smallest absolute Gasteiger partial charge is 0.337 e. The van der Waals surface area contributed by atoms with E-state index in [9.17, 15) is 18.0 Å². The van der Waals surface area contributed by atoms with Crippen LogP contribution in [0.4, 0.5) is 13.2 Å². The molecule has 122 valence electrons. The number of carbonyl (C=O) groups excluding carboxylic acids is 1. The molecule has 1 amide bonds. The summed E-state index contributed by atoms with van der Waals surface area (Å²) in [6, 6.07) is 9.39. The van der Waals surface area contributed by atoms with Gasteiger partial charge in [-0.1, -0.05) is 30.3 Å². The predicted octanol–water partition coefficient (Wildman–Crippen LogP) is 4.22. The van der Waals surface area contributed by atoms with Gasteiger partial charge in [0.2, 0.25) is 0 Å². The van der Waals surface area contributed by atoms with Gasteiger partial charge < -0.3 is 4.90 Å². The van der Waals surface area contributed by atoms with Gasteiger partial charge in [0.15, 0.2) is 0 Å². The van der Waals surface area contributed by atoms with Gasteiger partial charge in [-0.15, -0.1) is 11.3 Å². The zero-order valence-electron chi connectivity index (χ0n) is 12.2. The molecule has 1 fully saturated rings. The first kappa shape index (κ1) is 16.0. The highest BCUT2D eigenvalue weighted by Gasteiger charge is 2.42. The lowest BCUT2D eigenvalue weighted by molar-refractivity contribution is -0.184. The van der Waals surface area contributed by atoms with Gasteiger partial charge in [0.05, 0.1) is 5.92 Å². The molecule has 1 aliphatic rings. The Balaban J connectivity index is 1.75. The van der Waals surface area contributed by atoms with Crippen LogP contribution in [-0.4, -0.2) is 35.1 Å². The van der Waals surface area contributed by atoms with E-state index in [4.69, 9.17) is 0 Å². The fourth-order valence-corrected chi connectivity index (χ4v) is 3.48. The number of nitrogens with zero attached hydrogens (tertiary/aromatic N) is 2. The highest BCUT2D eigenvalue weighted by atomic mass is 32.1. The van der Waals surface area contributed by atoms with Crippen molar-refractivity contribution in [1.82, 2.24) is 9.88 Å². The summed E-state index contributed by atoms with van der Waals surface area (Å²) in [6.45, 7) is 0.0736. The summed E-state index contributed by atoms with van der Waals surface area (Å²) in [6.07, 6.45) is -3.80. The van der Waals surface area contributed by atoms with Crippen molar-refractivity contribution in [3.05, 3.63) is 41.4 Å². The lowest BCUT2D eigenvalue weighted by Gasteiger charge is -2.33. The number of halogens is 3. The molecule has 0 spiro atoms. The molecule has 3 rings (SSSR count). The standard InChI is InChI=1S/C16H15F3N2OS/c17-16(18,19)12-7-4-8-21(9-12)15(22)13-10-23-14(20-13)11-5-2-1-3-6-11/h1-3,5-6,10,12H,4,7-9H2/t12-/m0/s1. The Morgan fingerprint density at radius 3 is 2.70 bits per heavy atom. The van der Waals surface area contributed by atoms with E-state index in [1.54, 1.807) is 5.38 Å². The van der Waals surface area contributed by atoms with Crippen LogP contribution in [0.5, 0.6) is 0 Å². The number of likely N-dealkylation sites (tertiary alicyclic amines) is 1. The third-order valence-corrected chi connectivity index (χ3v) is 4.81. The zero-order valence-corrected chi connectivity index (χ0v) is 13.0. The van der Waals surface area contributed by atoms with Crippen molar-refractivity contribution in [1.29, 1.82) is 0 Å². The van der Waals surface area contributed by atoms with Crippen molar-refractivity contribution in [3.63, 3.8) is 0 Å². The van der Waals surface area contributed by atoms with Gasteiger partial charge in [0.25, 0.3) is 5.91 Å². The average Bonchev–Trinajstić information content (AvgIpc) is 3.04. The second-order valence-corrected chi connectivity index (χ2v) is 6.39. The molecule has 2 heterocycles. The fraction of sp³-hybridized carbons (Fsp3) is 0.375. The number of rotatable bonds is 2. The number of hydrogen-bond acceptors (Lipinski definition) is 3. The first-order valence-corrected chi connectivity index (χ1v) is 8.20. The van der Waals surface area contributed by atoms with Crippen molar-refractivity contribution in [2.75, 3.05) is 13.1 Å². The Hall–Kier alpha value is -1.89. The molecular formula is C16H15F3N2OS. The number of piperidine rings is 1. The Morgan fingerprint density at radius 1 is 1.26 bits per heavy atom. The molecule has 0 unspecified atom stereocenters. The Labute approximate surface area is 135 Å². The largest absolute Gasteiger partial charge is 0.393 e. The van der Waals surface area contributed by atoms with Crippen LogP contribution in [0.25, 0.3) is 10.6 Å². The predicted molar refractivity (Wildman–Crippen MR) is 82.2 cm³/mol. The maximum Gasteiger partial charge on any atom is 0.393 e. The van der Waals surface area contributed by atoms with Crippen molar-refractivity contribution < 1.29 is 18.0 Å². The molecule has 7 heteroatoms. The van der Waals surface area contributed by atoms with Crippen molar-refractivity contribution in [2.24, 2.45) is 5.92 Å². The number of benzene rings is 1. The fourth-order valence-electron chi connectivity index (χ4n) is 2.68. The molecule has 23 heavy (non-hydrogen) atoms. The lowest BCUT2D eigenvalue weighted by atomic mass is 9.97. The van der Waals surface area contributed by atoms with Crippen LogP contribution < -0.4 is 0 Å². The van der Waals surface area contributed by atoms with E-state index in [2.05, 4.69) is 4.98 Å². The molecule has 0 saturated carbocycles. The van der Waals surface area contributed by atoms with Crippen LogP contribution >= 0.6 is 11.3 Å². The van der Waals surface area contributed by atoms with E-state index in [0.29, 0.717) is 18.0 Å². The molecule has 1 aromatic carbocycles. The lowest BCUT2D eigenvalue weighted by Crippen LogP contribution is -2.44. The van der Waals surface area contributed by atoms with Gasteiger partial charge in [0.1, 0.15) is 10.7 Å².